The van der Waals surface area contributed by atoms with Crippen molar-refractivity contribution in [3.8, 4) is 0 Å². The van der Waals surface area contributed by atoms with Crippen LogP contribution < -0.4 is 10.2 Å². The Morgan fingerprint density at radius 2 is 1.83 bits per heavy atom. The van der Waals surface area contributed by atoms with Crippen LogP contribution in [0.3, 0.4) is 0 Å². The lowest BCUT2D eigenvalue weighted by atomic mass is 9.98. The van der Waals surface area contributed by atoms with Gasteiger partial charge in [-0.1, -0.05) is 48.0 Å². The Bertz CT molecular complexity index is 1140. The highest BCUT2D eigenvalue weighted by atomic mass is 35.5. The third-order valence-electron chi connectivity index (χ3n) is 7.13. The third-order valence-corrected chi connectivity index (χ3v) is 7.46. The average Bonchev–Trinajstić information content (AvgIpc) is 3.36. The van der Waals surface area contributed by atoms with Crippen molar-refractivity contribution < 1.29 is 4.79 Å². The largest absolute Gasteiger partial charge is 0.358 e. The summed E-state index contributed by atoms with van der Waals surface area (Å²) < 4.78 is 0. The number of piperidine rings is 1. The van der Waals surface area contributed by atoms with E-state index in [0.717, 1.165) is 55.0 Å². The summed E-state index contributed by atoms with van der Waals surface area (Å²) in [7, 11) is 0. The number of para-hydroxylation sites is 2. The van der Waals surface area contributed by atoms with Crippen molar-refractivity contribution in [3.05, 3.63) is 70.7 Å². The molecule has 30 heavy (non-hydrogen) atoms. The zero-order valence-corrected chi connectivity index (χ0v) is 17.5. The maximum Gasteiger partial charge on any atom is 0.162 e. The molecule has 2 heterocycles. The molecule has 0 bridgehead atoms. The molecule has 0 radical (unpaired) electrons. The van der Waals surface area contributed by atoms with E-state index in [4.69, 9.17) is 11.6 Å². The number of halogens is 1. The molecule has 4 nitrogen and oxygen atoms in total. The van der Waals surface area contributed by atoms with Gasteiger partial charge in [-0.15, -0.1) is 0 Å². The van der Waals surface area contributed by atoms with E-state index in [-0.39, 0.29) is 6.17 Å². The number of carbonyl (C=O) groups excluding carboxylic acids is 1. The van der Waals surface area contributed by atoms with E-state index in [1.54, 1.807) is 0 Å². The number of nitrogens with zero attached hydrogens (tertiary/aromatic N) is 2. The summed E-state index contributed by atoms with van der Waals surface area (Å²) in [5.74, 6) is 0. The van der Waals surface area contributed by atoms with Gasteiger partial charge in [-0.25, -0.2) is 0 Å². The van der Waals surface area contributed by atoms with Crippen molar-refractivity contribution >= 4 is 40.0 Å². The second kappa shape index (κ2) is 7.00. The smallest absolute Gasteiger partial charge is 0.162 e. The molecule has 0 spiro atoms. The summed E-state index contributed by atoms with van der Waals surface area (Å²) in [4.78, 5) is 16.7. The maximum absolute atomic E-state index is 11.7. The molecule has 0 aromatic heterocycles. The van der Waals surface area contributed by atoms with Crippen LogP contribution in [-0.4, -0.2) is 36.5 Å². The van der Waals surface area contributed by atoms with E-state index in [1.165, 1.54) is 21.9 Å². The SMILES string of the molecule is O=CC1Nc2ccccc2N1C1CCN(C2Cc3ccc(Cl)c4cccc2c34)CC1. The number of hydrogen-bond acceptors (Lipinski definition) is 4. The highest BCUT2D eigenvalue weighted by molar-refractivity contribution is 6.35. The average molecular weight is 418 g/mol. The Balaban J connectivity index is 1.23. The van der Waals surface area contributed by atoms with Crippen molar-refractivity contribution in [2.45, 2.75) is 37.5 Å². The van der Waals surface area contributed by atoms with Crippen molar-refractivity contribution in [2.24, 2.45) is 0 Å². The van der Waals surface area contributed by atoms with Crippen LogP contribution in [0.5, 0.6) is 0 Å². The van der Waals surface area contributed by atoms with Crippen LogP contribution >= 0.6 is 11.6 Å². The Kier molecular flexibility index (Phi) is 4.25. The number of hydrogen-bond donors (Lipinski definition) is 1. The van der Waals surface area contributed by atoms with Crippen LogP contribution in [-0.2, 0) is 11.2 Å². The molecule has 3 aliphatic rings. The molecule has 1 saturated heterocycles. The summed E-state index contributed by atoms with van der Waals surface area (Å²) in [5, 5.41) is 6.74. The zero-order chi connectivity index (χ0) is 20.2. The molecule has 6 rings (SSSR count). The van der Waals surface area contributed by atoms with Gasteiger partial charge in [0.15, 0.2) is 12.5 Å². The Morgan fingerprint density at radius 3 is 2.67 bits per heavy atom. The van der Waals surface area contributed by atoms with Gasteiger partial charge in [-0.3, -0.25) is 9.69 Å². The number of likely N-dealkylation sites (tertiary alicyclic amines) is 1. The lowest BCUT2D eigenvalue weighted by molar-refractivity contribution is -0.108. The molecule has 5 heteroatoms. The van der Waals surface area contributed by atoms with Crippen LogP contribution in [0.1, 0.15) is 30.0 Å². The highest BCUT2D eigenvalue weighted by Crippen LogP contribution is 2.44. The first kappa shape index (κ1) is 18.2. The molecule has 0 saturated carbocycles. The topological polar surface area (TPSA) is 35.6 Å². The van der Waals surface area contributed by atoms with E-state index < -0.39 is 0 Å². The van der Waals surface area contributed by atoms with Crippen molar-refractivity contribution in [1.82, 2.24) is 4.90 Å². The Labute approximate surface area is 181 Å². The minimum atomic E-state index is -0.259. The number of carbonyl (C=O) groups is 1. The number of fused-ring (bicyclic) bond motifs is 1. The van der Waals surface area contributed by atoms with Crippen LogP contribution in [0, 0.1) is 0 Å². The zero-order valence-electron chi connectivity index (χ0n) is 16.7. The van der Waals surface area contributed by atoms with Crippen LogP contribution in [0.4, 0.5) is 11.4 Å². The van der Waals surface area contributed by atoms with Crippen LogP contribution in [0.25, 0.3) is 10.8 Å². The van der Waals surface area contributed by atoms with Gasteiger partial charge in [0.25, 0.3) is 0 Å². The van der Waals surface area contributed by atoms with E-state index in [1.807, 2.05) is 12.1 Å². The van der Waals surface area contributed by atoms with Crippen LogP contribution in [0.15, 0.2) is 54.6 Å². The third kappa shape index (κ3) is 2.67. The molecular formula is C25H24ClN3O. The quantitative estimate of drug-likeness (QED) is 0.607. The number of rotatable bonds is 3. The van der Waals surface area contributed by atoms with Crippen LogP contribution in [0.2, 0.25) is 5.02 Å². The number of aldehydes is 1. The van der Waals surface area contributed by atoms with E-state index in [9.17, 15) is 4.79 Å². The minimum absolute atomic E-state index is 0.259. The monoisotopic (exact) mass is 417 g/mol. The molecule has 2 atom stereocenters. The molecule has 0 amide bonds. The first-order valence-corrected chi connectivity index (χ1v) is 11.2. The molecule has 1 fully saturated rings. The molecule has 1 N–H and O–H groups in total. The molecule has 152 valence electrons. The highest BCUT2D eigenvalue weighted by Gasteiger charge is 2.38. The fourth-order valence-electron chi connectivity index (χ4n) is 5.76. The fraction of sp³-hybridized carbons (Fsp3) is 0.320. The van der Waals surface area contributed by atoms with Gasteiger partial charge < -0.3 is 10.2 Å². The Hall–Kier alpha value is -2.56. The first-order valence-electron chi connectivity index (χ1n) is 10.8. The molecule has 2 aliphatic heterocycles. The van der Waals surface area contributed by atoms with Crippen molar-refractivity contribution in [1.29, 1.82) is 0 Å². The number of nitrogens with one attached hydrogen (secondary N) is 1. The lowest BCUT2D eigenvalue weighted by Gasteiger charge is -2.41. The fourth-order valence-corrected chi connectivity index (χ4v) is 5.99. The van der Waals surface area contributed by atoms with Gasteiger partial charge in [0, 0.05) is 35.6 Å². The van der Waals surface area contributed by atoms with Gasteiger partial charge in [0.05, 0.1) is 11.4 Å². The summed E-state index contributed by atoms with van der Waals surface area (Å²) in [6.45, 7) is 2.08. The standard InChI is InChI=1S/C25H24ClN3O/c26-20-9-8-16-14-23(19-5-3-4-18(20)25(16)19)28-12-10-17(11-13-28)29-22-7-2-1-6-21(22)27-24(29)15-30/h1-9,15,17,23-24,27H,10-14H2. The summed E-state index contributed by atoms with van der Waals surface area (Å²) in [5.41, 5.74) is 5.05. The lowest BCUT2D eigenvalue weighted by Crippen LogP contribution is -2.50. The number of benzene rings is 3. The van der Waals surface area contributed by atoms with Crippen molar-refractivity contribution in [3.63, 3.8) is 0 Å². The second-order valence-electron chi connectivity index (χ2n) is 8.61. The number of anilines is 2. The molecule has 3 aromatic rings. The van der Waals surface area contributed by atoms with Gasteiger partial charge in [0.2, 0.25) is 0 Å². The van der Waals surface area contributed by atoms with Gasteiger partial charge in [-0.05, 0) is 54.0 Å². The molecule has 1 aliphatic carbocycles. The first-order chi connectivity index (χ1) is 14.7. The minimum Gasteiger partial charge on any atom is -0.358 e. The molecule has 2 unspecified atom stereocenters. The summed E-state index contributed by atoms with van der Waals surface area (Å²) >= 11 is 6.47. The molecule has 3 aromatic carbocycles. The maximum atomic E-state index is 11.7. The summed E-state index contributed by atoms with van der Waals surface area (Å²) in [6.07, 6.45) is 3.95. The normalized spacial score (nSPS) is 23.6. The van der Waals surface area contributed by atoms with Gasteiger partial charge in [-0.2, -0.15) is 0 Å². The van der Waals surface area contributed by atoms with Gasteiger partial charge in [0.1, 0.15) is 0 Å². The predicted molar refractivity (Wildman–Crippen MR) is 122 cm³/mol. The second-order valence-corrected chi connectivity index (χ2v) is 9.02. The Morgan fingerprint density at radius 1 is 1.00 bits per heavy atom. The van der Waals surface area contributed by atoms with Crippen molar-refractivity contribution in [2.75, 3.05) is 23.3 Å². The molecular weight excluding hydrogens is 394 g/mol. The van der Waals surface area contributed by atoms with Gasteiger partial charge >= 0.3 is 0 Å². The van der Waals surface area contributed by atoms with E-state index in [2.05, 4.69) is 57.6 Å². The summed E-state index contributed by atoms with van der Waals surface area (Å²) in [6, 6.07) is 19.8. The van der Waals surface area contributed by atoms with E-state index in [0.29, 0.717) is 12.1 Å². The predicted octanol–water partition coefficient (Wildman–Crippen LogP) is 5.01. The van der Waals surface area contributed by atoms with E-state index >= 15 is 0 Å².